The molecular weight excluding hydrogens is 471 g/mol. The summed E-state index contributed by atoms with van der Waals surface area (Å²) in [7, 11) is 1.58. The van der Waals surface area contributed by atoms with E-state index in [0.717, 1.165) is 5.75 Å². The summed E-state index contributed by atoms with van der Waals surface area (Å²) >= 11 is 0. The van der Waals surface area contributed by atoms with Crippen LogP contribution in [0.3, 0.4) is 0 Å². The predicted octanol–water partition coefficient (Wildman–Crippen LogP) is 2.49. The molecule has 0 bridgehead atoms. The summed E-state index contributed by atoms with van der Waals surface area (Å²) in [4.78, 5) is 23.1. The largest absolute Gasteiger partial charge is 0.497 e. The van der Waals surface area contributed by atoms with Crippen molar-refractivity contribution in [3.63, 3.8) is 0 Å². The first kappa shape index (κ1) is 26.1. The van der Waals surface area contributed by atoms with Crippen LogP contribution in [0.4, 0.5) is 24.5 Å². The first-order valence-corrected chi connectivity index (χ1v) is 10.8. The van der Waals surface area contributed by atoms with Gasteiger partial charge >= 0.3 is 12.1 Å². The van der Waals surface area contributed by atoms with E-state index in [1.807, 2.05) is 0 Å². The molecule has 0 fully saturated rings. The molecule has 0 aromatic heterocycles. The van der Waals surface area contributed by atoms with Gasteiger partial charge < -0.3 is 35.3 Å². The van der Waals surface area contributed by atoms with Crippen LogP contribution in [-0.4, -0.2) is 62.6 Å². The van der Waals surface area contributed by atoms with Crippen molar-refractivity contribution >= 4 is 23.2 Å². The Kier molecular flexibility index (Phi) is 8.77. The molecule has 1 unspecified atom stereocenters. The first-order valence-electron chi connectivity index (χ1n) is 10.8. The number of carbonyl (C=O) groups excluding carboxylic acids is 2. The van der Waals surface area contributed by atoms with Crippen molar-refractivity contribution in [2.75, 3.05) is 44.0 Å². The molecule has 12 heteroatoms. The number of alkyl halides is 3. The standard InChI is InChI=1S/C23H26F3N3O6/c1-33-15-2-4-16(5-3-15)34-11-10-27-12-14(30)13-35-19-8-7-18(28-22(32)23(24,25)26)21-17(19)6-9-20(31)29-21/h2-5,7-8,14,27,30H,6,9-13H2,1H3,(H,28,32)(H,29,31). The number of aliphatic hydroxyl groups is 1. The molecular formula is C23H26F3N3O6. The van der Waals surface area contributed by atoms with E-state index in [1.165, 1.54) is 12.1 Å². The number of nitrogens with one attached hydrogen (secondary N) is 3. The number of hydrogen-bond acceptors (Lipinski definition) is 7. The fourth-order valence-corrected chi connectivity index (χ4v) is 3.32. The summed E-state index contributed by atoms with van der Waals surface area (Å²) < 4.78 is 54.2. The lowest BCUT2D eigenvalue weighted by Gasteiger charge is -2.24. The summed E-state index contributed by atoms with van der Waals surface area (Å²) in [6, 6.07) is 9.74. The van der Waals surface area contributed by atoms with Crippen LogP contribution in [0.5, 0.6) is 17.2 Å². The third-order valence-electron chi connectivity index (χ3n) is 5.06. The predicted molar refractivity (Wildman–Crippen MR) is 121 cm³/mol. The number of rotatable bonds is 11. The minimum absolute atomic E-state index is 0.0552. The molecule has 1 aliphatic heterocycles. The van der Waals surface area contributed by atoms with E-state index in [4.69, 9.17) is 14.2 Å². The van der Waals surface area contributed by atoms with Gasteiger partial charge in [0, 0.05) is 25.1 Å². The van der Waals surface area contributed by atoms with E-state index in [0.29, 0.717) is 30.2 Å². The molecule has 1 atom stereocenters. The van der Waals surface area contributed by atoms with Gasteiger partial charge in [-0.1, -0.05) is 0 Å². The molecule has 35 heavy (non-hydrogen) atoms. The van der Waals surface area contributed by atoms with Gasteiger partial charge in [0.15, 0.2) is 0 Å². The van der Waals surface area contributed by atoms with Crippen molar-refractivity contribution in [3.05, 3.63) is 42.0 Å². The highest BCUT2D eigenvalue weighted by molar-refractivity contribution is 6.04. The average Bonchev–Trinajstić information content (AvgIpc) is 2.83. The Labute approximate surface area is 199 Å². The second-order valence-corrected chi connectivity index (χ2v) is 7.66. The molecule has 3 rings (SSSR count). The molecule has 0 saturated carbocycles. The van der Waals surface area contributed by atoms with Crippen molar-refractivity contribution in [2.45, 2.75) is 25.1 Å². The molecule has 0 saturated heterocycles. The molecule has 9 nitrogen and oxygen atoms in total. The third kappa shape index (κ3) is 7.49. The van der Waals surface area contributed by atoms with Gasteiger partial charge in [0.25, 0.3) is 0 Å². The quantitative estimate of drug-likeness (QED) is 0.353. The lowest BCUT2D eigenvalue weighted by molar-refractivity contribution is -0.167. The number of aliphatic hydroxyl groups excluding tert-OH is 1. The van der Waals surface area contributed by atoms with Crippen molar-refractivity contribution in [2.24, 2.45) is 0 Å². The van der Waals surface area contributed by atoms with Crippen LogP contribution in [0.2, 0.25) is 0 Å². The fraction of sp³-hybridized carbons (Fsp3) is 0.391. The first-order chi connectivity index (χ1) is 16.7. The Morgan fingerprint density at radius 2 is 1.83 bits per heavy atom. The highest BCUT2D eigenvalue weighted by Crippen LogP contribution is 2.38. The van der Waals surface area contributed by atoms with Gasteiger partial charge in [-0.25, -0.2) is 0 Å². The number of fused-ring (bicyclic) bond motifs is 1. The number of carbonyl (C=O) groups is 2. The van der Waals surface area contributed by atoms with Crippen LogP contribution in [0.15, 0.2) is 36.4 Å². The maximum atomic E-state index is 12.6. The van der Waals surface area contributed by atoms with Gasteiger partial charge in [-0.05, 0) is 42.8 Å². The molecule has 4 N–H and O–H groups in total. The topological polar surface area (TPSA) is 118 Å². The van der Waals surface area contributed by atoms with Crippen molar-refractivity contribution < 1.29 is 42.1 Å². The maximum Gasteiger partial charge on any atom is 0.471 e. The lowest BCUT2D eigenvalue weighted by Crippen LogP contribution is -2.34. The molecule has 2 aromatic carbocycles. The van der Waals surface area contributed by atoms with Gasteiger partial charge in [-0.3, -0.25) is 9.59 Å². The summed E-state index contributed by atoms with van der Waals surface area (Å²) in [6.45, 7) is 0.960. The number of benzene rings is 2. The Bertz CT molecular complexity index is 1030. The molecule has 2 aromatic rings. The number of methoxy groups -OCH3 is 1. The van der Waals surface area contributed by atoms with Crippen molar-refractivity contribution in [1.82, 2.24) is 5.32 Å². The SMILES string of the molecule is COc1ccc(OCCNCC(O)COc2ccc(NC(=O)C(F)(F)F)c3c2CCC(=O)N3)cc1. The van der Waals surface area contributed by atoms with Gasteiger partial charge in [-0.15, -0.1) is 0 Å². The molecule has 1 heterocycles. The second kappa shape index (κ2) is 11.8. The van der Waals surface area contributed by atoms with Gasteiger partial charge in [0.1, 0.15) is 36.6 Å². The smallest absolute Gasteiger partial charge is 0.471 e. The highest BCUT2D eigenvalue weighted by Gasteiger charge is 2.39. The fourth-order valence-electron chi connectivity index (χ4n) is 3.32. The summed E-state index contributed by atoms with van der Waals surface area (Å²) in [5.41, 5.74) is 0.319. The minimum atomic E-state index is -5.07. The summed E-state index contributed by atoms with van der Waals surface area (Å²) in [5, 5.41) is 17.5. The monoisotopic (exact) mass is 497 g/mol. The molecule has 0 aliphatic carbocycles. The van der Waals surface area contributed by atoms with Crippen LogP contribution in [0.25, 0.3) is 0 Å². The van der Waals surface area contributed by atoms with E-state index < -0.39 is 24.1 Å². The molecule has 0 spiro atoms. The van der Waals surface area contributed by atoms with Crippen LogP contribution in [0.1, 0.15) is 12.0 Å². The molecule has 2 amide bonds. The summed E-state index contributed by atoms with van der Waals surface area (Å²) in [5.74, 6) is -0.832. The maximum absolute atomic E-state index is 12.6. The average molecular weight is 497 g/mol. The zero-order chi connectivity index (χ0) is 25.4. The highest BCUT2D eigenvalue weighted by atomic mass is 19.4. The second-order valence-electron chi connectivity index (χ2n) is 7.66. The van der Waals surface area contributed by atoms with Crippen molar-refractivity contribution in [1.29, 1.82) is 0 Å². The third-order valence-corrected chi connectivity index (χ3v) is 5.06. The number of halogens is 3. The van der Waals surface area contributed by atoms with E-state index >= 15 is 0 Å². The zero-order valence-electron chi connectivity index (χ0n) is 18.9. The van der Waals surface area contributed by atoms with E-state index in [2.05, 4.69) is 10.6 Å². The van der Waals surface area contributed by atoms with Crippen molar-refractivity contribution in [3.8, 4) is 17.2 Å². The zero-order valence-corrected chi connectivity index (χ0v) is 18.9. The van der Waals surface area contributed by atoms with Crippen LogP contribution in [-0.2, 0) is 16.0 Å². The number of ether oxygens (including phenoxy) is 3. The molecule has 190 valence electrons. The lowest BCUT2D eigenvalue weighted by atomic mass is 10.0. The van der Waals surface area contributed by atoms with Gasteiger partial charge in [-0.2, -0.15) is 13.2 Å². The van der Waals surface area contributed by atoms with Crippen LogP contribution in [0, 0.1) is 0 Å². The Morgan fingerprint density at radius 3 is 2.51 bits per heavy atom. The van der Waals surface area contributed by atoms with Gasteiger partial charge in [0.2, 0.25) is 5.91 Å². The Hall–Kier alpha value is -3.51. The van der Waals surface area contributed by atoms with E-state index in [-0.39, 0.29) is 37.4 Å². The Balaban J connectivity index is 1.49. The number of hydrogen-bond donors (Lipinski definition) is 4. The summed E-state index contributed by atoms with van der Waals surface area (Å²) in [6.07, 6.45) is -5.63. The normalized spacial score (nSPS) is 13.9. The minimum Gasteiger partial charge on any atom is -0.497 e. The molecule has 0 radical (unpaired) electrons. The number of anilines is 2. The van der Waals surface area contributed by atoms with Crippen LogP contribution >= 0.6 is 0 Å². The Morgan fingerprint density at radius 1 is 1.11 bits per heavy atom. The number of amides is 2. The van der Waals surface area contributed by atoms with E-state index in [9.17, 15) is 27.9 Å². The van der Waals surface area contributed by atoms with E-state index in [1.54, 1.807) is 36.7 Å². The van der Waals surface area contributed by atoms with Gasteiger partial charge in [0.05, 0.1) is 18.5 Å². The molecule has 1 aliphatic rings. The van der Waals surface area contributed by atoms with Crippen LogP contribution < -0.4 is 30.2 Å².